The van der Waals surface area contributed by atoms with E-state index in [1.165, 1.54) is 0 Å². The molecule has 0 aliphatic heterocycles. The van der Waals surface area contributed by atoms with E-state index >= 15 is 0 Å². The summed E-state index contributed by atoms with van der Waals surface area (Å²) in [6.07, 6.45) is 0. The van der Waals surface area contributed by atoms with Crippen LogP contribution in [0.3, 0.4) is 0 Å². The fourth-order valence-electron chi connectivity index (χ4n) is 0.302. The molecule has 4 heteroatoms. The Morgan fingerprint density at radius 1 is 1.71 bits per heavy atom. The van der Waals surface area contributed by atoms with E-state index in [2.05, 4.69) is 39.9 Å². The molecule has 0 aromatic heterocycles. The van der Waals surface area contributed by atoms with Crippen molar-refractivity contribution in [1.82, 2.24) is 4.06 Å². The summed E-state index contributed by atoms with van der Waals surface area (Å²) < 4.78 is 3.77. The zero-order valence-electron chi connectivity index (χ0n) is 4.56. The Labute approximate surface area is 60.4 Å². The molecule has 0 fully saturated rings. The average Bonchev–Trinajstić information content (AvgIpc) is 1.27. The molecule has 0 aromatic rings. The monoisotopic (exact) mass is 186 g/mol. The van der Waals surface area contributed by atoms with Crippen molar-refractivity contribution in [2.75, 3.05) is 0 Å². The second kappa shape index (κ2) is 3.82. The molecule has 0 spiro atoms. The van der Waals surface area contributed by atoms with Gasteiger partial charge in [-0.2, -0.15) is 0 Å². The number of rotatable bonds is 1. The first-order chi connectivity index (χ1) is 3.13. The van der Waals surface area contributed by atoms with E-state index in [0.717, 1.165) is 0 Å². The van der Waals surface area contributed by atoms with Crippen molar-refractivity contribution in [3.63, 3.8) is 0 Å². The van der Waals surface area contributed by atoms with Crippen LogP contribution in [0.25, 0.3) is 0 Å². The van der Waals surface area contributed by atoms with Crippen LogP contribution in [0.4, 0.5) is 0 Å². The number of thiol groups is 1. The van der Waals surface area contributed by atoms with Gasteiger partial charge in [0.2, 0.25) is 0 Å². The summed E-state index contributed by atoms with van der Waals surface area (Å²) >= 11 is 7.34. The van der Waals surface area contributed by atoms with Gasteiger partial charge in [0.1, 0.15) is 0 Å². The van der Waals surface area contributed by atoms with Crippen LogP contribution in [0.15, 0.2) is 0 Å². The predicted molar refractivity (Wildman–Crippen MR) is 36.4 cm³/mol. The van der Waals surface area contributed by atoms with Crippen molar-refractivity contribution in [2.24, 2.45) is 0 Å². The van der Waals surface area contributed by atoms with Crippen molar-refractivity contribution in [2.45, 2.75) is 11.0 Å². The van der Waals surface area contributed by atoms with Crippen molar-refractivity contribution in [3.05, 3.63) is 0 Å². The predicted octanol–water partition coefficient (Wildman–Crippen LogP) is 1.42. The van der Waals surface area contributed by atoms with Crippen LogP contribution >= 0.6 is 24.8 Å². The molecular weight excluding hydrogens is 180 g/mol. The minimum absolute atomic E-state index is 0.657. The molecule has 0 atom stereocenters. The Hall–Kier alpha value is 0.863. The molecule has 0 saturated heterocycles. The van der Waals surface area contributed by atoms with Crippen molar-refractivity contribution in [1.29, 1.82) is 0 Å². The summed E-state index contributed by atoms with van der Waals surface area (Å²) in [7, 11) is 0. The SMILES string of the molecule is [CH3][Zn]([CH3])[NH]C(=S)S. The van der Waals surface area contributed by atoms with Crippen molar-refractivity contribution < 1.29 is 16.2 Å². The molecule has 0 aliphatic rings. The molecule has 39 valence electrons. The standard InChI is InChI=1S/CH3NS2.2CH3.Zn/c2-1(3)4;;;/h(H3,2,3,4);2*1H3;/q;;;+1/p-1. The summed E-state index contributed by atoms with van der Waals surface area (Å²) in [5.74, 6) is 0. The van der Waals surface area contributed by atoms with E-state index < -0.39 is 16.2 Å². The van der Waals surface area contributed by atoms with Gasteiger partial charge in [-0.05, 0) is 0 Å². The molecule has 0 saturated carbocycles. The van der Waals surface area contributed by atoms with Gasteiger partial charge >= 0.3 is 60.5 Å². The minimum atomic E-state index is -1.25. The summed E-state index contributed by atoms with van der Waals surface area (Å²) in [4.78, 5) is 0. The molecule has 0 aliphatic carbocycles. The molecular formula is C3H8NS2Zn. The van der Waals surface area contributed by atoms with E-state index in [1.54, 1.807) is 0 Å². The van der Waals surface area contributed by atoms with Crippen LogP contribution < -0.4 is 4.06 Å². The molecule has 1 nitrogen and oxygen atoms in total. The molecule has 1 N–H and O–H groups in total. The van der Waals surface area contributed by atoms with Crippen LogP contribution in [0, 0.1) is 0 Å². The molecule has 0 bridgehead atoms. The Kier molecular flexibility index (Phi) is 4.29. The fraction of sp³-hybridized carbons (Fsp3) is 0.667. The van der Waals surface area contributed by atoms with E-state index in [9.17, 15) is 0 Å². The Bertz CT molecular complexity index is 73.3. The second-order valence-electron chi connectivity index (χ2n) is 1.90. The summed E-state index contributed by atoms with van der Waals surface area (Å²) in [5, 5.41) is 0. The summed E-state index contributed by atoms with van der Waals surface area (Å²) in [5.41, 5.74) is 4.45. The second-order valence-corrected chi connectivity index (χ2v) is 9.73. The normalized spacial score (nSPS) is 7.86. The van der Waals surface area contributed by atoms with Gasteiger partial charge in [0, 0.05) is 0 Å². The number of hydrogen-bond donors (Lipinski definition) is 2. The van der Waals surface area contributed by atoms with Crippen LogP contribution in [0.2, 0.25) is 11.0 Å². The maximum absolute atomic E-state index is 4.68. The molecule has 0 unspecified atom stereocenters. The van der Waals surface area contributed by atoms with E-state index in [1.807, 2.05) is 0 Å². The summed E-state index contributed by atoms with van der Waals surface area (Å²) in [6, 6.07) is 0. The molecule has 0 amide bonds. The zero-order chi connectivity index (χ0) is 5.86. The van der Waals surface area contributed by atoms with Gasteiger partial charge < -0.3 is 0 Å². The molecule has 0 heterocycles. The zero-order valence-corrected chi connectivity index (χ0v) is 9.24. The first-order valence-electron chi connectivity index (χ1n) is 2.45. The van der Waals surface area contributed by atoms with E-state index in [4.69, 9.17) is 0 Å². The molecule has 0 rings (SSSR count). The number of hydrogen-bond acceptors (Lipinski definition) is 1. The number of thiocarbonyl (C=S) groups is 1. The topological polar surface area (TPSA) is 12.0 Å². The molecule has 7 heavy (non-hydrogen) atoms. The third-order valence-electron chi connectivity index (χ3n) is 0.505. The molecule has 0 aromatic carbocycles. The Morgan fingerprint density at radius 3 is 2.14 bits per heavy atom. The third-order valence-corrected chi connectivity index (χ3v) is 4.19. The fourth-order valence-corrected chi connectivity index (χ4v) is 4.71. The van der Waals surface area contributed by atoms with Crippen LogP contribution in [0.1, 0.15) is 0 Å². The van der Waals surface area contributed by atoms with Gasteiger partial charge in [0.15, 0.2) is 0 Å². The third kappa shape index (κ3) is 6.86. The van der Waals surface area contributed by atoms with Crippen molar-refractivity contribution in [3.8, 4) is 0 Å². The van der Waals surface area contributed by atoms with Crippen LogP contribution in [-0.2, 0) is 16.2 Å². The first kappa shape index (κ1) is 7.86. The number of nitrogens with one attached hydrogen (secondary N) is 1. The van der Waals surface area contributed by atoms with Gasteiger partial charge in [-0.25, -0.2) is 0 Å². The van der Waals surface area contributed by atoms with Crippen molar-refractivity contribution >= 4 is 29.2 Å². The molecule has 0 radical (unpaired) electrons. The Balaban J connectivity index is 3.13. The summed E-state index contributed by atoms with van der Waals surface area (Å²) in [6.45, 7) is 0. The maximum atomic E-state index is 4.68. The van der Waals surface area contributed by atoms with E-state index in [-0.39, 0.29) is 0 Å². The van der Waals surface area contributed by atoms with Crippen LogP contribution in [0.5, 0.6) is 0 Å². The first-order valence-corrected chi connectivity index (χ1v) is 10.7. The quantitative estimate of drug-likeness (QED) is 0.366. The Morgan fingerprint density at radius 2 is 2.14 bits per heavy atom. The van der Waals surface area contributed by atoms with Gasteiger partial charge in [0.25, 0.3) is 0 Å². The van der Waals surface area contributed by atoms with Gasteiger partial charge in [-0.15, -0.1) is 0 Å². The van der Waals surface area contributed by atoms with Gasteiger partial charge in [0.05, 0.1) is 0 Å². The van der Waals surface area contributed by atoms with Crippen LogP contribution in [-0.4, -0.2) is 4.32 Å². The average molecular weight is 188 g/mol. The van der Waals surface area contributed by atoms with Gasteiger partial charge in [-0.1, -0.05) is 0 Å². The van der Waals surface area contributed by atoms with Gasteiger partial charge in [-0.3, -0.25) is 0 Å². The van der Waals surface area contributed by atoms with E-state index in [0.29, 0.717) is 4.32 Å².